The van der Waals surface area contributed by atoms with E-state index >= 15 is 0 Å². The van der Waals surface area contributed by atoms with Crippen LogP contribution in [0.1, 0.15) is 30.5 Å². The maximum Gasteiger partial charge on any atom is 0.120 e. The van der Waals surface area contributed by atoms with Gasteiger partial charge in [0.25, 0.3) is 0 Å². The lowest BCUT2D eigenvalue weighted by Crippen LogP contribution is -2.35. The summed E-state index contributed by atoms with van der Waals surface area (Å²) in [5, 5.41) is 3.17. The summed E-state index contributed by atoms with van der Waals surface area (Å²) in [4.78, 5) is 11.2. The molecule has 0 amide bonds. The summed E-state index contributed by atoms with van der Waals surface area (Å²) in [6.07, 6.45) is 10.5. The first-order valence-corrected chi connectivity index (χ1v) is 9.47. The number of likely N-dealkylation sites (tertiary alicyclic amines) is 1. The Bertz CT molecular complexity index is 695. The summed E-state index contributed by atoms with van der Waals surface area (Å²) in [6.45, 7) is 3.38. The number of nitrogens with one attached hydrogen (secondary N) is 1. The molecule has 1 saturated heterocycles. The number of fused-ring (bicyclic) bond motifs is 1. The fourth-order valence-corrected chi connectivity index (χ4v) is 3.33. The zero-order valence-corrected chi connectivity index (χ0v) is 15.5. The molecule has 3 rings (SSSR count). The molecular formula is C19H25ClFN5. The second-order valence-corrected chi connectivity index (χ2v) is 7.06. The summed E-state index contributed by atoms with van der Waals surface area (Å²) < 4.78 is 13.1. The van der Waals surface area contributed by atoms with E-state index in [0.717, 1.165) is 55.1 Å². The largest absolute Gasteiger partial charge is 0.404 e. The maximum absolute atomic E-state index is 13.1. The van der Waals surface area contributed by atoms with E-state index in [2.05, 4.69) is 20.2 Å². The molecule has 1 aromatic rings. The van der Waals surface area contributed by atoms with Crippen LogP contribution in [-0.2, 0) is 0 Å². The van der Waals surface area contributed by atoms with Crippen molar-refractivity contribution in [1.29, 1.82) is 0 Å². The lowest BCUT2D eigenvalue weighted by Gasteiger charge is -2.28. The summed E-state index contributed by atoms with van der Waals surface area (Å²) in [6, 6.07) is 1.98. The summed E-state index contributed by atoms with van der Waals surface area (Å²) in [5.74, 6) is 0. The SMILES string of the molecule is NC=C(C=NCCCN1CCC(F)CC1)c1cnc2c(c1)NC(Cl)C=C2. The van der Waals surface area contributed by atoms with Crippen molar-refractivity contribution < 1.29 is 4.39 Å². The molecule has 0 spiro atoms. The Labute approximate surface area is 158 Å². The molecule has 3 heterocycles. The van der Waals surface area contributed by atoms with Crippen LogP contribution in [0.2, 0.25) is 0 Å². The quantitative estimate of drug-likeness (QED) is 0.345. The van der Waals surface area contributed by atoms with Gasteiger partial charge in [-0.2, -0.15) is 0 Å². The van der Waals surface area contributed by atoms with Crippen LogP contribution in [0.3, 0.4) is 0 Å². The van der Waals surface area contributed by atoms with Crippen LogP contribution in [0.5, 0.6) is 0 Å². The van der Waals surface area contributed by atoms with Gasteiger partial charge in [-0.15, -0.1) is 0 Å². The fourth-order valence-electron chi connectivity index (χ4n) is 3.14. The van der Waals surface area contributed by atoms with Gasteiger partial charge in [-0.25, -0.2) is 4.39 Å². The Kier molecular flexibility index (Phi) is 6.63. The smallest absolute Gasteiger partial charge is 0.120 e. The first kappa shape index (κ1) is 18.9. The highest BCUT2D eigenvalue weighted by Gasteiger charge is 2.17. The fraction of sp³-hybridized carbons (Fsp3) is 0.474. The van der Waals surface area contributed by atoms with E-state index in [0.29, 0.717) is 12.8 Å². The van der Waals surface area contributed by atoms with Crippen molar-refractivity contribution in [3.63, 3.8) is 0 Å². The van der Waals surface area contributed by atoms with Gasteiger partial charge in [-0.05, 0) is 44.0 Å². The van der Waals surface area contributed by atoms with E-state index in [4.69, 9.17) is 17.3 Å². The number of allylic oxidation sites excluding steroid dienone is 1. The molecule has 0 bridgehead atoms. The van der Waals surface area contributed by atoms with Crippen molar-refractivity contribution in [2.24, 2.45) is 10.7 Å². The number of nitrogens with zero attached hydrogens (tertiary/aromatic N) is 3. The average Bonchev–Trinajstić information content (AvgIpc) is 2.65. The van der Waals surface area contributed by atoms with Crippen LogP contribution in [0, 0.1) is 0 Å². The van der Waals surface area contributed by atoms with Crippen molar-refractivity contribution in [2.75, 3.05) is 31.5 Å². The molecule has 140 valence electrons. The van der Waals surface area contributed by atoms with Crippen LogP contribution >= 0.6 is 11.6 Å². The molecule has 0 aliphatic carbocycles. The van der Waals surface area contributed by atoms with Crippen LogP contribution in [0.15, 0.2) is 29.5 Å². The van der Waals surface area contributed by atoms with E-state index in [1.54, 1.807) is 12.4 Å². The number of pyridine rings is 1. The van der Waals surface area contributed by atoms with Gasteiger partial charge in [0.15, 0.2) is 0 Å². The second-order valence-electron chi connectivity index (χ2n) is 6.59. The van der Waals surface area contributed by atoms with E-state index in [9.17, 15) is 4.39 Å². The number of hydrogen-bond donors (Lipinski definition) is 2. The molecule has 2 aliphatic rings. The molecule has 26 heavy (non-hydrogen) atoms. The Morgan fingerprint density at radius 3 is 3.04 bits per heavy atom. The first-order valence-electron chi connectivity index (χ1n) is 9.03. The number of halogens is 2. The zero-order valence-electron chi connectivity index (χ0n) is 14.7. The number of nitrogens with two attached hydrogens (primary N) is 1. The topological polar surface area (TPSA) is 66.5 Å². The van der Waals surface area contributed by atoms with E-state index in [1.165, 1.54) is 6.20 Å². The van der Waals surface area contributed by atoms with Gasteiger partial charge in [0.2, 0.25) is 0 Å². The van der Waals surface area contributed by atoms with Crippen molar-refractivity contribution in [3.05, 3.63) is 35.8 Å². The molecule has 1 unspecified atom stereocenters. The van der Waals surface area contributed by atoms with Gasteiger partial charge in [0, 0.05) is 49.4 Å². The van der Waals surface area contributed by atoms with Crippen LogP contribution in [-0.4, -0.2) is 54.0 Å². The predicted octanol–water partition coefficient (Wildman–Crippen LogP) is 3.28. The number of aromatic nitrogens is 1. The lowest BCUT2D eigenvalue weighted by atomic mass is 10.1. The molecule has 0 radical (unpaired) electrons. The third-order valence-corrected chi connectivity index (χ3v) is 4.91. The Morgan fingerprint density at radius 1 is 1.46 bits per heavy atom. The highest BCUT2D eigenvalue weighted by Crippen LogP contribution is 2.25. The van der Waals surface area contributed by atoms with Crippen LogP contribution in [0.4, 0.5) is 10.1 Å². The molecule has 1 aromatic heterocycles. The number of piperidine rings is 1. The minimum atomic E-state index is -0.620. The Balaban J connectivity index is 1.51. The Morgan fingerprint density at radius 2 is 2.27 bits per heavy atom. The summed E-state index contributed by atoms with van der Waals surface area (Å²) in [5.41, 5.74) is 8.99. The van der Waals surface area contributed by atoms with Crippen molar-refractivity contribution in [1.82, 2.24) is 9.88 Å². The van der Waals surface area contributed by atoms with E-state index in [-0.39, 0.29) is 5.50 Å². The standard InChI is InChI=1S/C19H25ClFN5/c20-19-3-2-17-18(25-19)10-14(13-24-17)15(11-22)12-23-6-1-7-26-8-4-16(21)5-9-26/h2-3,10-13,16,19,25H,1,4-9,22H2. The number of aliphatic imine (C=N–C) groups is 1. The summed E-state index contributed by atoms with van der Waals surface area (Å²) in [7, 11) is 0. The van der Waals surface area contributed by atoms with Gasteiger partial charge < -0.3 is 16.0 Å². The molecule has 7 heteroatoms. The minimum absolute atomic E-state index is 0.235. The molecule has 0 aromatic carbocycles. The molecule has 5 nitrogen and oxygen atoms in total. The van der Waals surface area contributed by atoms with E-state index < -0.39 is 6.17 Å². The highest BCUT2D eigenvalue weighted by molar-refractivity contribution is 6.23. The second kappa shape index (κ2) is 9.14. The average molecular weight is 378 g/mol. The van der Waals surface area contributed by atoms with Crippen LogP contribution in [0.25, 0.3) is 11.6 Å². The monoisotopic (exact) mass is 377 g/mol. The van der Waals surface area contributed by atoms with Gasteiger partial charge in [0.05, 0.1) is 11.4 Å². The summed E-state index contributed by atoms with van der Waals surface area (Å²) >= 11 is 6.08. The molecule has 0 saturated carbocycles. The van der Waals surface area contributed by atoms with Crippen molar-refractivity contribution in [2.45, 2.75) is 30.9 Å². The predicted molar refractivity (Wildman–Crippen MR) is 107 cm³/mol. The number of hydrogen-bond acceptors (Lipinski definition) is 5. The third-order valence-electron chi connectivity index (χ3n) is 4.66. The van der Waals surface area contributed by atoms with Crippen molar-refractivity contribution >= 4 is 35.2 Å². The van der Waals surface area contributed by atoms with E-state index in [1.807, 2.05) is 18.2 Å². The molecular weight excluding hydrogens is 353 g/mol. The normalized spacial score (nSPS) is 21.8. The van der Waals surface area contributed by atoms with Gasteiger partial charge in [-0.3, -0.25) is 9.98 Å². The molecule has 1 atom stereocenters. The van der Waals surface area contributed by atoms with Gasteiger partial charge in [0.1, 0.15) is 11.7 Å². The molecule has 2 aliphatic heterocycles. The van der Waals surface area contributed by atoms with Crippen molar-refractivity contribution in [3.8, 4) is 0 Å². The van der Waals surface area contributed by atoms with Gasteiger partial charge >= 0.3 is 0 Å². The Hall–Kier alpha value is -1.92. The first-order chi connectivity index (χ1) is 12.7. The van der Waals surface area contributed by atoms with Crippen LogP contribution < -0.4 is 11.1 Å². The number of rotatable bonds is 6. The highest BCUT2D eigenvalue weighted by atomic mass is 35.5. The maximum atomic E-state index is 13.1. The third kappa shape index (κ3) is 5.05. The zero-order chi connectivity index (χ0) is 18.4. The number of anilines is 1. The lowest BCUT2D eigenvalue weighted by molar-refractivity contribution is 0.150. The minimum Gasteiger partial charge on any atom is -0.404 e. The molecule has 3 N–H and O–H groups in total. The number of alkyl halides is 2. The van der Waals surface area contributed by atoms with Gasteiger partial charge in [-0.1, -0.05) is 11.6 Å². The molecule has 1 fully saturated rings.